The Balaban J connectivity index is 1.54. The van der Waals surface area contributed by atoms with E-state index in [2.05, 4.69) is 15.4 Å². The highest BCUT2D eigenvalue weighted by Gasteiger charge is 2.30. The number of alkyl halides is 1. The van der Waals surface area contributed by atoms with Gasteiger partial charge in [0.1, 0.15) is 34.6 Å². The number of thiazole rings is 1. The molecule has 8 nitrogen and oxygen atoms in total. The number of nitrogens with one attached hydrogen (secondary N) is 1. The molecule has 5 N–H and O–H groups in total. The molecule has 0 saturated carbocycles. The van der Waals surface area contributed by atoms with Gasteiger partial charge in [0.2, 0.25) is 0 Å². The van der Waals surface area contributed by atoms with E-state index >= 15 is 0 Å². The summed E-state index contributed by atoms with van der Waals surface area (Å²) in [4.78, 5) is 4.20. The number of aryl methyl sites for hydroxylation is 1. The fourth-order valence-corrected chi connectivity index (χ4v) is 4.77. The molecule has 0 amide bonds. The van der Waals surface area contributed by atoms with Crippen LogP contribution in [0.1, 0.15) is 55.2 Å². The van der Waals surface area contributed by atoms with Crippen LogP contribution in [0.5, 0.6) is 0 Å². The van der Waals surface area contributed by atoms with Crippen LogP contribution in [0.25, 0.3) is 10.6 Å². The Bertz CT molecular complexity index is 1120. The zero-order valence-electron chi connectivity index (χ0n) is 18.6. The molecule has 1 aromatic carbocycles. The Hall–Kier alpha value is -2.51. The van der Waals surface area contributed by atoms with Gasteiger partial charge in [0.05, 0.1) is 35.9 Å². The zero-order chi connectivity index (χ0) is 24.6. The minimum atomic E-state index is -1.31. The Morgan fingerprint density at radius 1 is 1.26 bits per heavy atom. The standard InChI is InChI=1S/C22H26F3N5O3S/c1-10(31)11-5-12(23)19(13(24)6-11)22-29-17(9-34-22)21(32)28-16-7-27-30(2)20(16)18-4-3-15(26)14(25)8-33-18/h5-7,9-10,14-15,18,21,28,31-32H,3-4,8,26H2,1-2H3/t10?,14-,15-,18+,21?/m1/s1. The third-order valence-corrected chi connectivity index (χ3v) is 6.71. The topological polar surface area (TPSA) is 118 Å². The van der Waals surface area contributed by atoms with Crippen molar-refractivity contribution in [1.29, 1.82) is 0 Å². The van der Waals surface area contributed by atoms with E-state index in [0.29, 0.717) is 24.2 Å². The highest BCUT2D eigenvalue weighted by atomic mass is 32.1. The summed E-state index contributed by atoms with van der Waals surface area (Å²) in [6.07, 6.45) is -1.65. The summed E-state index contributed by atoms with van der Waals surface area (Å²) < 4.78 is 50.3. The number of anilines is 1. The van der Waals surface area contributed by atoms with E-state index in [-0.39, 0.29) is 28.4 Å². The van der Waals surface area contributed by atoms with Crippen LogP contribution in [0.2, 0.25) is 0 Å². The largest absolute Gasteiger partial charge is 0.389 e. The summed E-state index contributed by atoms with van der Waals surface area (Å²) in [5, 5.41) is 28.9. The maximum absolute atomic E-state index is 14.5. The van der Waals surface area contributed by atoms with Crippen molar-refractivity contribution < 1.29 is 28.1 Å². The number of nitrogens with zero attached hydrogens (tertiary/aromatic N) is 3. The van der Waals surface area contributed by atoms with Crippen molar-refractivity contribution in [1.82, 2.24) is 14.8 Å². The number of aliphatic hydroxyl groups is 2. The number of hydrogen-bond donors (Lipinski definition) is 4. The molecule has 1 saturated heterocycles. The lowest BCUT2D eigenvalue weighted by Crippen LogP contribution is -2.32. The fraction of sp³-hybridized carbons (Fsp3) is 0.455. The normalized spacial score (nSPS) is 22.9. The van der Waals surface area contributed by atoms with Gasteiger partial charge in [-0.05, 0) is 37.5 Å². The molecule has 1 fully saturated rings. The van der Waals surface area contributed by atoms with Crippen molar-refractivity contribution in [2.75, 3.05) is 11.9 Å². The summed E-state index contributed by atoms with van der Waals surface area (Å²) in [5.74, 6) is -1.72. The molecule has 3 heterocycles. The van der Waals surface area contributed by atoms with Gasteiger partial charge in [-0.2, -0.15) is 5.10 Å². The molecule has 12 heteroatoms. The van der Waals surface area contributed by atoms with E-state index in [9.17, 15) is 23.4 Å². The molecule has 4 rings (SSSR count). The predicted molar refractivity (Wildman–Crippen MR) is 121 cm³/mol. The first-order chi connectivity index (χ1) is 16.2. The van der Waals surface area contributed by atoms with Gasteiger partial charge >= 0.3 is 0 Å². The molecule has 3 aromatic rings. The molecule has 0 radical (unpaired) electrons. The third kappa shape index (κ3) is 4.96. The Labute approximate surface area is 198 Å². The number of ether oxygens (including phenoxy) is 1. The molecular weight excluding hydrogens is 471 g/mol. The van der Waals surface area contributed by atoms with Crippen molar-refractivity contribution in [2.24, 2.45) is 12.8 Å². The van der Waals surface area contributed by atoms with Gasteiger partial charge in [-0.1, -0.05) is 0 Å². The van der Waals surface area contributed by atoms with Crippen LogP contribution >= 0.6 is 11.3 Å². The Morgan fingerprint density at radius 3 is 2.65 bits per heavy atom. The fourth-order valence-electron chi connectivity index (χ4n) is 3.88. The SMILES string of the molecule is CC(O)c1cc(F)c(-c2nc(C(O)Nc3cnn(C)c3[C@@H]3CC[C@@H](N)[C@H](F)CO3)cs2)c(F)c1. The number of aromatic nitrogens is 3. The highest BCUT2D eigenvalue weighted by molar-refractivity contribution is 7.13. The molecule has 0 aliphatic carbocycles. The maximum atomic E-state index is 14.5. The van der Waals surface area contributed by atoms with Gasteiger partial charge in [-0.25, -0.2) is 18.2 Å². The van der Waals surface area contributed by atoms with Gasteiger partial charge < -0.3 is 26.0 Å². The number of nitrogens with two attached hydrogens (primary N) is 1. The summed E-state index contributed by atoms with van der Waals surface area (Å²) in [5.41, 5.74) is 6.82. The van der Waals surface area contributed by atoms with Gasteiger partial charge in [0.15, 0.2) is 6.23 Å². The van der Waals surface area contributed by atoms with Crippen molar-refractivity contribution >= 4 is 17.0 Å². The smallest absolute Gasteiger partial charge is 0.169 e. The molecule has 1 aliphatic rings. The van der Waals surface area contributed by atoms with Crippen LogP contribution in [0, 0.1) is 11.6 Å². The number of benzene rings is 1. The van der Waals surface area contributed by atoms with E-state index < -0.39 is 42.3 Å². The second kappa shape index (κ2) is 10.0. The summed E-state index contributed by atoms with van der Waals surface area (Å²) >= 11 is 0.970. The van der Waals surface area contributed by atoms with Crippen molar-refractivity contribution in [3.63, 3.8) is 0 Å². The summed E-state index contributed by atoms with van der Waals surface area (Å²) in [7, 11) is 1.71. The van der Waals surface area contributed by atoms with E-state index in [1.807, 2.05) is 0 Å². The van der Waals surface area contributed by atoms with E-state index in [1.54, 1.807) is 11.7 Å². The Kier molecular flexibility index (Phi) is 7.24. The molecule has 2 unspecified atom stereocenters. The van der Waals surface area contributed by atoms with Crippen molar-refractivity contribution in [3.8, 4) is 10.6 Å². The van der Waals surface area contributed by atoms with Crippen molar-refractivity contribution in [3.05, 3.63) is 52.3 Å². The molecular formula is C22H26F3N5O3S. The van der Waals surface area contributed by atoms with E-state index in [0.717, 1.165) is 23.5 Å². The minimum Gasteiger partial charge on any atom is -0.389 e. The van der Waals surface area contributed by atoms with Crippen molar-refractivity contribution in [2.45, 2.75) is 50.4 Å². The second-order valence-electron chi connectivity index (χ2n) is 8.31. The lowest BCUT2D eigenvalue weighted by atomic mass is 10.0. The molecule has 1 aliphatic heterocycles. The second-order valence-corrected chi connectivity index (χ2v) is 9.16. The van der Waals surface area contributed by atoms with Crippen LogP contribution in [-0.2, 0) is 11.8 Å². The number of hydrogen-bond acceptors (Lipinski definition) is 8. The number of aliphatic hydroxyl groups excluding tert-OH is 2. The van der Waals surface area contributed by atoms with Gasteiger partial charge in [-0.15, -0.1) is 11.3 Å². The van der Waals surface area contributed by atoms with E-state index in [1.165, 1.54) is 18.5 Å². The van der Waals surface area contributed by atoms with Crippen LogP contribution < -0.4 is 11.1 Å². The average molecular weight is 498 g/mol. The van der Waals surface area contributed by atoms with Crippen LogP contribution in [0.3, 0.4) is 0 Å². The minimum absolute atomic E-state index is 0.0458. The highest BCUT2D eigenvalue weighted by Crippen LogP contribution is 2.35. The third-order valence-electron chi connectivity index (χ3n) is 5.83. The molecule has 0 spiro atoms. The van der Waals surface area contributed by atoms with Gasteiger partial charge in [0, 0.05) is 18.5 Å². The number of halogens is 3. The lowest BCUT2D eigenvalue weighted by molar-refractivity contribution is 0.0246. The van der Waals surface area contributed by atoms with Crippen LogP contribution in [0.15, 0.2) is 23.7 Å². The average Bonchev–Trinajstić information content (AvgIpc) is 3.36. The molecule has 34 heavy (non-hydrogen) atoms. The quantitative estimate of drug-likeness (QED) is 0.385. The van der Waals surface area contributed by atoms with Crippen LogP contribution in [-0.4, -0.2) is 43.8 Å². The first kappa shape index (κ1) is 24.6. The lowest BCUT2D eigenvalue weighted by Gasteiger charge is -2.19. The molecule has 184 valence electrons. The summed E-state index contributed by atoms with van der Waals surface area (Å²) in [6.45, 7) is 1.27. The molecule has 0 bridgehead atoms. The molecule has 5 atom stereocenters. The number of rotatable bonds is 6. The predicted octanol–water partition coefficient (Wildman–Crippen LogP) is 3.50. The summed E-state index contributed by atoms with van der Waals surface area (Å²) in [6, 6.07) is 1.51. The Morgan fingerprint density at radius 2 is 1.97 bits per heavy atom. The first-order valence-corrected chi connectivity index (χ1v) is 11.6. The molecule has 2 aromatic heterocycles. The van der Waals surface area contributed by atoms with Gasteiger partial charge in [-0.3, -0.25) is 4.68 Å². The van der Waals surface area contributed by atoms with Crippen LogP contribution in [0.4, 0.5) is 18.9 Å². The van der Waals surface area contributed by atoms with E-state index in [4.69, 9.17) is 10.5 Å². The maximum Gasteiger partial charge on any atom is 0.169 e. The first-order valence-electron chi connectivity index (χ1n) is 10.8. The zero-order valence-corrected chi connectivity index (χ0v) is 19.4. The monoisotopic (exact) mass is 497 g/mol. The van der Waals surface area contributed by atoms with Gasteiger partial charge in [0.25, 0.3) is 0 Å².